The lowest BCUT2D eigenvalue weighted by atomic mass is 10.4. The number of aliphatic hydroxyl groups is 2. The van der Waals surface area contributed by atoms with Crippen LogP contribution in [-0.2, 0) is 4.79 Å². The highest BCUT2D eigenvalue weighted by Crippen LogP contribution is 2.17. The molecule has 0 radical (unpaired) electrons. The molecule has 0 aromatic rings. The molecule has 1 aliphatic heterocycles. The molecule has 0 aromatic heterocycles. The third kappa shape index (κ3) is 4.64. The van der Waals surface area contributed by atoms with Gasteiger partial charge in [0.2, 0.25) is 5.91 Å². The fourth-order valence-electron chi connectivity index (χ4n) is 0.665. The Bertz CT molecular complexity index is 261. The van der Waals surface area contributed by atoms with Gasteiger partial charge in [0.1, 0.15) is 13.2 Å². The second kappa shape index (κ2) is 7.05. The number of rotatable bonds is 3. The molecule has 0 atom stereocenters. The molecule has 0 spiro atoms. The fourth-order valence-corrected chi connectivity index (χ4v) is 1.44. The van der Waals surface area contributed by atoms with Crippen LogP contribution >= 0.6 is 27.9 Å². The molecule has 1 rings (SSSR count). The molecule has 9 heteroatoms. The number of carbonyl (C=O) groups is 1. The summed E-state index contributed by atoms with van der Waals surface area (Å²) in [5.74, 6) is 1.22. The Balaban J connectivity index is 0.000000288. The van der Waals surface area contributed by atoms with Gasteiger partial charge in [-0.1, -0.05) is 0 Å². The lowest BCUT2D eigenvalue weighted by Gasteiger charge is -2.11. The first-order chi connectivity index (χ1) is 7.37. The van der Waals surface area contributed by atoms with Gasteiger partial charge in [0, 0.05) is 40.1 Å². The lowest BCUT2D eigenvalue weighted by molar-refractivity contribution is -0.542. The van der Waals surface area contributed by atoms with Crippen LogP contribution in [0.4, 0.5) is 0 Å². The van der Waals surface area contributed by atoms with Crippen molar-refractivity contribution >= 4 is 33.8 Å². The third-order valence-electron chi connectivity index (χ3n) is 1.76. The number of aliphatic hydroxyl groups excluding tert-OH is 2. The number of alkyl halides is 1. The van der Waals surface area contributed by atoms with Crippen molar-refractivity contribution in [1.29, 1.82) is 0 Å². The fraction of sp³-hybridized carbons (Fsp3) is 0.857. The first-order valence-electron chi connectivity index (χ1n) is 4.32. The molecular formula is C7H13BrN2O5S. The zero-order valence-corrected chi connectivity index (χ0v) is 11.0. The number of halogens is 1. The molecular weight excluding hydrogens is 304 g/mol. The van der Waals surface area contributed by atoms with Crippen LogP contribution in [0.5, 0.6) is 0 Å². The molecule has 16 heavy (non-hydrogen) atoms. The lowest BCUT2D eigenvalue weighted by Crippen LogP contribution is -2.39. The van der Waals surface area contributed by atoms with Gasteiger partial charge >= 0.3 is 4.45 Å². The normalized spacial score (nSPS) is 15.8. The maximum Gasteiger partial charge on any atom is 0.319 e. The summed E-state index contributed by atoms with van der Waals surface area (Å²) in [7, 11) is 1.81. The molecule has 1 amide bonds. The van der Waals surface area contributed by atoms with Gasteiger partial charge in [-0.25, -0.2) is 0 Å². The summed E-state index contributed by atoms with van der Waals surface area (Å²) < 4.78 is -0.0903. The summed E-state index contributed by atoms with van der Waals surface area (Å²) in [4.78, 5) is 19.6. The van der Waals surface area contributed by atoms with E-state index in [0.717, 1.165) is 12.2 Å². The van der Waals surface area contributed by atoms with E-state index in [2.05, 4.69) is 15.9 Å². The van der Waals surface area contributed by atoms with Crippen LogP contribution in [-0.4, -0.2) is 55.8 Å². The standard InChI is InChI=1S/C4H7NOS.C3H6BrNO4/c1-5-4(6)2-3-7-5;4-3(1-6,2-7)5(8)9/h2-3H2,1H3;6-7H,1-2H2. The summed E-state index contributed by atoms with van der Waals surface area (Å²) >= 11 is 4.14. The van der Waals surface area contributed by atoms with Gasteiger partial charge in [0.25, 0.3) is 0 Å². The molecule has 94 valence electrons. The van der Waals surface area contributed by atoms with E-state index >= 15 is 0 Å². The van der Waals surface area contributed by atoms with Gasteiger partial charge in [-0.15, -0.1) is 0 Å². The first kappa shape index (κ1) is 15.6. The Labute approximate surface area is 105 Å². The van der Waals surface area contributed by atoms with Gasteiger partial charge in [0.05, 0.1) is 0 Å². The molecule has 1 aliphatic rings. The van der Waals surface area contributed by atoms with E-state index in [0.29, 0.717) is 0 Å². The monoisotopic (exact) mass is 316 g/mol. The summed E-state index contributed by atoms with van der Waals surface area (Å²) in [6.07, 6.45) is 0.723. The van der Waals surface area contributed by atoms with Gasteiger partial charge in [-0.3, -0.25) is 19.2 Å². The molecule has 1 heterocycles. The second-order valence-electron chi connectivity index (χ2n) is 2.97. The van der Waals surface area contributed by atoms with Crippen molar-refractivity contribution in [1.82, 2.24) is 4.31 Å². The topological polar surface area (TPSA) is 104 Å². The van der Waals surface area contributed by atoms with Crippen molar-refractivity contribution in [3.63, 3.8) is 0 Å². The highest BCUT2D eigenvalue weighted by atomic mass is 79.9. The molecule has 0 aliphatic carbocycles. The summed E-state index contributed by atoms with van der Waals surface area (Å²) in [5.41, 5.74) is 0. The minimum atomic E-state index is -1.77. The van der Waals surface area contributed by atoms with Crippen molar-refractivity contribution in [2.45, 2.75) is 10.9 Å². The quantitative estimate of drug-likeness (QED) is 0.246. The number of nitrogens with zero attached hydrogens (tertiary/aromatic N) is 2. The van der Waals surface area contributed by atoms with E-state index in [1.807, 2.05) is 0 Å². The van der Waals surface area contributed by atoms with Gasteiger partial charge in [-0.05, 0) is 11.9 Å². The molecule has 2 N–H and O–H groups in total. The minimum Gasteiger partial charge on any atom is -0.388 e. The van der Waals surface area contributed by atoms with E-state index in [4.69, 9.17) is 10.2 Å². The Kier molecular flexibility index (Phi) is 6.88. The van der Waals surface area contributed by atoms with Crippen molar-refractivity contribution in [2.24, 2.45) is 0 Å². The van der Waals surface area contributed by atoms with Crippen molar-refractivity contribution in [3.05, 3.63) is 10.1 Å². The zero-order valence-electron chi connectivity index (χ0n) is 8.63. The molecule has 1 fully saturated rings. The number of amides is 1. The predicted molar refractivity (Wildman–Crippen MR) is 62.7 cm³/mol. The Morgan fingerprint density at radius 2 is 2.12 bits per heavy atom. The van der Waals surface area contributed by atoms with E-state index in [1.165, 1.54) is 0 Å². The zero-order chi connectivity index (χ0) is 12.8. The average molecular weight is 317 g/mol. The molecule has 0 unspecified atom stereocenters. The van der Waals surface area contributed by atoms with Crippen LogP contribution < -0.4 is 0 Å². The van der Waals surface area contributed by atoms with Crippen molar-refractivity contribution in [3.8, 4) is 0 Å². The Hall–Kier alpha value is -0.380. The summed E-state index contributed by atoms with van der Waals surface area (Å²) in [6.45, 7) is -1.45. The van der Waals surface area contributed by atoms with Crippen LogP contribution in [0.25, 0.3) is 0 Å². The molecule has 0 bridgehead atoms. The van der Waals surface area contributed by atoms with Crippen molar-refractivity contribution < 1.29 is 19.9 Å². The minimum absolute atomic E-state index is 0.255. The molecule has 0 aromatic carbocycles. The maximum absolute atomic E-state index is 10.5. The number of hydrogen-bond donors (Lipinski definition) is 2. The van der Waals surface area contributed by atoms with Crippen LogP contribution in [0.2, 0.25) is 0 Å². The Morgan fingerprint density at radius 3 is 2.19 bits per heavy atom. The first-order valence-corrected chi connectivity index (χ1v) is 6.05. The molecule has 1 saturated heterocycles. The molecule has 7 nitrogen and oxygen atoms in total. The highest BCUT2D eigenvalue weighted by Gasteiger charge is 2.38. The van der Waals surface area contributed by atoms with E-state index in [9.17, 15) is 14.9 Å². The van der Waals surface area contributed by atoms with Crippen LogP contribution in [0.15, 0.2) is 0 Å². The van der Waals surface area contributed by atoms with Crippen LogP contribution in [0.1, 0.15) is 6.42 Å². The predicted octanol–water partition coefficient (Wildman–Crippen LogP) is -0.164. The number of nitro groups is 1. The van der Waals surface area contributed by atoms with E-state index in [-0.39, 0.29) is 5.91 Å². The second-order valence-corrected chi connectivity index (χ2v) is 5.66. The summed E-state index contributed by atoms with van der Waals surface area (Å²) in [5, 5.41) is 26.5. The highest BCUT2D eigenvalue weighted by molar-refractivity contribution is 9.10. The number of hydrogen-bond acceptors (Lipinski definition) is 6. The summed E-state index contributed by atoms with van der Waals surface area (Å²) in [6, 6.07) is 0. The van der Waals surface area contributed by atoms with Crippen LogP contribution in [0, 0.1) is 10.1 Å². The maximum atomic E-state index is 10.5. The number of carbonyl (C=O) groups excluding carboxylic acids is 1. The van der Waals surface area contributed by atoms with Crippen molar-refractivity contribution in [2.75, 3.05) is 26.0 Å². The smallest absolute Gasteiger partial charge is 0.319 e. The van der Waals surface area contributed by atoms with Crippen LogP contribution in [0.3, 0.4) is 0 Å². The van der Waals surface area contributed by atoms with Gasteiger partial charge in [-0.2, -0.15) is 0 Å². The largest absolute Gasteiger partial charge is 0.388 e. The molecule has 0 saturated carbocycles. The van der Waals surface area contributed by atoms with E-state index in [1.54, 1.807) is 23.3 Å². The third-order valence-corrected chi connectivity index (χ3v) is 3.53. The average Bonchev–Trinajstić information content (AvgIpc) is 2.63. The van der Waals surface area contributed by atoms with Gasteiger partial charge < -0.3 is 10.2 Å². The van der Waals surface area contributed by atoms with E-state index < -0.39 is 22.6 Å². The SMILES string of the molecule is CN1SCCC1=O.O=[N+]([O-])C(Br)(CO)CO. The Morgan fingerprint density at radius 1 is 1.62 bits per heavy atom. The van der Waals surface area contributed by atoms with Gasteiger partial charge in [0.15, 0.2) is 0 Å².